The van der Waals surface area contributed by atoms with Gasteiger partial charge in [0.2, 0.25) is 10.0 Å². The fourth-order valence-electron chi connectivity index (χ4n) is 3.35. The average molecular weight is 378 g/mol. The maximum Gasteiger partial charge on any atom is 0.248 e. The summed E-state index contributed by atoms with van der Waals surface area (Å²) in [5.41, 5.74) is 0.728. The van der Waals surface area contributed by atoms with Gasteiger partial charge in [-0.3, -0.25) is 4.40 Å². The van der Waals surface area contributed by atoms with Gasteiger partial charge in [-0.25, -0.2) is 17.2 Å². The van der Waals surface area contributed by atoms with E-state index in [-0.39, 0.29) is 19.0 Å². The van der Waals surface area contributed by atoms with Crippen molar-refractivity contribution in [1.29, 1.82) is 0 Å². The van der Waals surface area contributed by atoms with E-state index in [1.165, 1.54) is 0 Å². The molecular formula is C17H16F2N4O2S. The lowest BCUT2D eigenvalue weighted by Gasteiger charge is -2.30. The van der Waals surface area contributed by atoms with E-state index in [0.717, 1.165) is 34.0 Å². The molecular weight excluding hydrogens is 362 g/mol. The number of hydrogen-bond donors (Lipinski definition) is 0. The Labute approximate surface area is 149 Å². The Morgan fingerprint density at radius 2 is 1.65 bits per heavy atom. The molecule has 0 saturated carbocycles. The van der Waals surface area contributed by atoms with E-state index in [4.69, 9.17) is 0 Å². The van der Waals surface area contributed by atoms with E-state index >= 15 is 0 Å². The van der Waals surface area contributed by atoms with Gasteiger partial charge >= 0.3 is 0 Å². The Balaban J connectivity index is 1.57. The van der Waals surface area contributed by atoms with E-state index < -0.39 is 26.6 Å². The van der Waals surface area contributed by atoms with Crippen molar-refractivity contribution >= 4 is 15.7 Å². The predicted molar refractivity (Wildman–Crippen MR) is 90.1 cm³/mol. The first kappa shape index (κ1) is 17.0. The maximum absolute atomic E-state index is 13.9. The highest BCUT2D eigenvalue weighted by Crippen LogP contribution is 2.31. The van der Waals surface area contributed by atoms with Crippen molar-refractivity contribution in [3.8, 4) is 0 Å². The molecule has 6 nitrogen and oxygen atoms in total. The van der Waals surface area contributed by atoms with E-state index in [9.17, 15) is 17.2 Å². The largest absolute Gasteiger partial charge is 0.286 e. The maximum atomic E-state index is 13.9. The van der Waals surface area contributed by atoms with Crippen LogP contribution in [-0.4, -0.2) is 40.4 Å². The van der Waals surface area contributed by atoms with Crippen LogP contribution in [0.4, 0.5) is 8.78 Å². The monoisotopic (exact) mass is 378 g/mol. The molecule has 1 fully saturated rings. The molecule has 0 amide bonds. The molecule has 1 aromatic carbocycles. The summed E-state index contributed by atoms with van der Waals surface area (Å²) in [7, 11) is -4.22. The third-order valence-corrected chi connectivity index (χ3v) is 6.63. The molecule has 4 rings (SSSR count). The molecule has 0 radical (unpaired) electrons. The second kappa shape index (κ2) is 6.40. The molecule has 2 aromatic heterocycles. The molecule has 1 saturated heterocycles. The summed E-state index contributed by atoms with van der Waals surface area (Å²) in [6, 6.07) is 8.63. The number of fused-ring (bicyclic) bond motifs is 1. The van der Waals surface area contributed by atoms with Crippen LogP contribution in [0.3, 0.4) is 0 Å². The van der Waals surface area contributed by atoms with Crippen molar-refractivity contribution in [2.45, 2.75) is 23.7 Å². The normalized spacial score (nSPS) is 17.0. The van der Waals surface area contributed by atoms with Crippen LogP contribution in [0.25, 0.3) is 5.65 Å². The third kappa shape index (κ3) is 2.77. The Morgan fingerprint density at radius 1 is 0.962 bits per heavy atom. The molecule has 0 unspecified atom stereocenters. The first-order valence-electron chi connectivity index (χ1n) is 8.22. The molecule has 0 N–H and O–H groups in total. The minimum Gasteiger partial charge on any atom is -0.286 e. The fraction of sp³-hybridized carbons (Fsp3) is 0.294. The van der Waals surface area contributed by atoms with Gasteiger partial charge in [0.25, 0.3) is 0 Å². The number of aromatic nitrogens is 3. The number of piperidine rings is 1. The van der Waals surface area contributed by atoms with Gasteiger partial charge in [0.05, 0.1) is 0 Å². The average Bonchev–Trinajstić information content (AvgIpc) is 3.05. The number of nitrogens with zero attached hydrogens (tertiary/aromatic N) is 4. The van der Waals surface area contributed by atoms with Gasteiger partial charge in [0.1, 0.15) is 17.5 Å². The number of hydrogen-bond acceptors (Lipinski definition) is 4. The smallest absolute Gasteiger partial charge is 0.248 e. The van der Waals surface area contributed by atoms with Crippen LogP contribution in [0.5, 0.6) is 0 Å². The van der Waals surface area contributed by atoms with Crippen molar-refractivity contribution in [1.82, 2.24) is 18.9 Å². The van der Waals surface area contributed by atoms with E-state index in [0.29, 0.717) is 12.8 Å². The highest BCUT2D eigenvalue weighted by Gasteiger charge is 2.34. The zero-order valence-electron chi connectivity index (χ0n) is 13.7. The highest BCUT2D eigenvalue weighted by atomic mass is 32.2. The first-order valence-corrected chi connectivity index (χ1v) is 9.66. The van der Waals surface area contributed by atoms with Crippen LogP contribution < -0.4 is 0 Å². The van der Waals surface area contributed by atoms with Crippen LogP contribution in [-0.2, 0) is 10.0 Å². The van der Waals surface area contributed by atoms with Crippen LogP contribution in [0, 0.1) is 11.6 Å². The lowest BCUT2D eigenvalue weighted by Crippen LogP contribution is -2.39. The number of pyridine rings is 1. The number of halogens is 2. The Bertz CT molecular complexity index is 1040. The number of benzene rings is 1. The minimum atomic E-state index is -4.22. The first-order chi connectivity index (χ1) is 12.5. The lowest BCUT2D eigenvalue weighted by atomic mass is 9.97. The topological polar surface area (TPSA) is 67.6 Å². The second-order valence-electron chi connectivity index (χ2n) is 6.22. The third-order valence-electron chi connectivity index (χ3n) is 4.68. The molecule has 9 heteroatoms. The van der Waals surface area contributed by atoms with Crippen LogP contribution >= 0.6 is 0 Å². The van der Waals surface area contributed by atoms with E-state index in [1.54, 1.807) is 0 Å². The Hall–Kier alpha value is -2.39. The quantitative estimate of drug-likeness (QED) is 0.703. The molecule has 1 aliphatic rings. The van der Waals surface area contributed by atoms with E-state index in [2.05, 4.69) is 10.2 Å². The van der Waals surface area contributed by atoms with Crippen molar-refractivity contribution in [3.63, 3.8) is 0 Å². The summed E-state index contributed by atoms with van der Waals surface area (Å²) >= 11 is 0. The van der Waals surface area contributed by atoms with Gasteiger partial charge in [-0.2, -0.15) is 4.31 Å². The Kier molecular flexibility index (Phi) is 4.20. The minimum absolute atomic E-state index is 0.0318. The van der Waals surface area contributed by atoms with Crippen molar-refractivity contribution in [2.24, 2.45) is 0 Å². The molecule has 0 aliphatic carbocycles. The molecule has 26 heavy (non-hydrogen) atoms. The van der Waals surface area contributed by atoms with Gasteiger partial charge in [0.15, 0.2) is 10.5 Å². The van der Waals surface area contributed by atoms with Gasteiger partial charge in [-0.15, -0.1) is 10.2 Å². The summed E-state index contributed by atoms with van der Waals surface area (Å²) in [5.74, 6) is -1.34. The molecule has 3 aromatic rings. The summed E-state index contributed by atoms with van der Waals surface area (Å²) in [6.07, 6.45) is 2.87. The van der Waals surface area contributed by atoms with Gasteiger partial charge in [-0.05, 0) is 37.1 Å². The molecule has 0 bridgehead atoms. The molecule has 3 heterocycles. The zero-order valence-corrected chi connectivity index (χ0v) is 14.5. The van der Waals surface area contributed by atoms with E-state index in [1.807, 2.05) is 28.8 Å². The highest BCUT2D eigenvalue weighted by molar-refractivity contribution is 7.89. The summed E-state index contributed by atoms with van der Waals surface area (Å²) in [4.78, 5) is -0.883. The van der Waals surface area contributed by atoms with Crippen LogP contribution in [0.2, 0.25) is 0 Å². The summed E-state index contributed by atoms with van der Waals surface area (Å²) in [5, 5.41) is 8.33. The SMILES string of the molecule is O=S(=O)(c1c(F)cccc1F)N1CCC(c2nnc3ccccn23)CC1. The Morgan fingerprint density at radius 3 is 2.35 bits per heavy atom. The molecule has 0 atom stereocenters. The van der Waals surface area contributed by atoms with Crippen molar-refractivity contribution in [3.05, 3.63) is 60.1 Å². The standard InChI is InChI=1S/C17H16F2N4O2S/c18-13-4-3-5-14(19)16(13)26(24,25)22-10-7-12(8-11-22)17-21-20-15-6-1-2-9-23(15)17/h1-6,9,12H,7-8,10-11H2. The molecule has 136 valence electrons. The molecule has 1 aliphatic heterocycles. The fourth-order valence-corrected chi connectivity index (χ4v) is 4.93. The molecule has 0 spiro atoms. The van der Waals surface area contributed by atoms with Crippen LogP contribution in [0.1, 0.15) is 24.6 Å². The predicted octanol–water partition coefficient (Wildman–Crippen LogP) is 2.58. The summed E-state index contributed by atoms with van der Waals surface area (Å²) < 4.78 is 56.1. The lowest BCUT2D eigenvalue weighted by molar-refractivity contribution is 0.310. The summed E-state index contributed by atoms with van der Waals surface area (Å²) in [6.45, 7) is 0.338. The van der Waals surface area contributed by atoms with Gasteiger partial charge in [-0.1, -0.05) is 12.1 Å². The van der Waals surface area contributed by atoms with Crippen LogP contribution in [0.15, 0.2) is 47.5 Å². The zero-order chi connectivity index (χ0) is 18.3. The van der Waals surface area contributed by atoms with Crippen molar-refractivity contribution in [2.75, 3.05) is 13.1 Å². The van der Waals surface area contributed by atoms with Crippen molar-refractivity contribution < 1.29 is 17.2 Å². The van der Waals surface area contributed by atoms with Gasteiger partial charge in [0, 0.05) is 25.2 Å². The number of rotatable bonds is 3. The second-order valence-corrected chi connectivity index (χ2v) is 8.09. The van der Waals surface area contributed by atoms with Gasteiger partial charge < -0.3 is 0 Å². The number of sulfonamides is 1.